The molecule has 1 aromatic heterocycles. The van der Waals surface area contributed by atoms with Crippen LogP contribution in [0, 0.1) is 0 Å². The molecule has 0 saturated carbocycles. The minimum Gasteiger partial charge on any atom is -0.298 e. The predicted octanol–water partition coefficient (Wildman–Crippen LogP) is -0.114. The van der Waals surface area contributed by atoms with Gasteiger partial charge in [0, 0.05) is 5.56 Å². The molecule has 0 bridgehead atoms. The van der Waals surface area contributed by atoms with Gasteiger partial charge in [-0.15, -0.1) is 0 Å². The van der Waals surface area contributed by atoms with Gasteiger partial charge in [0.15, 0.2) is 0 Å². The van der Waals surface area contributed by atoms with E-state index in [0.717, 1.165) is 4.57 Å². The summed E-state index contributed by atoms with van der Waals surface area (Å²) < 4.78 is 1.05. The van der Waals surface area contributed by atoms with Crippen molar-refractivity contribution in [1.29, 1.82) is 0 Å². The molecule has 0 radical (unpaired) electrons. The number of carbonyl (C=O) groups excluding carboxylic acids is 1. The fraction of sp³-hybridized carbons (Fsp3) is 0. The molecule has 0 spiro atoms. The van der Waals surface area contributed by atoms with Gasteiger partial charge in [-0.05, 0) is 24.3 Å². The van der Waals surface area contributed by atoms with Crippen molar-refractivity contribution in [2.24, 2.45) is 0 Å². The molecule has 0 saturated heterocycles. The van der Waals surface area contributed by atoms with Crippen molar-refractivity contribution in [3.63, 3.8) is 0 Å². The van der Waals surface area contributed by atoms with Crippen molar-refractivity contribution in [3.05, 3.63) is 50.5 Å². The number of nitrogens with zero attached hydrogens (tertiary/aromatic N) is 1. The quantitative estimate of drug-likeness (QED) is 0.472. The van der Waals surface area contributed by atoms with Gasteiger partial charge in [0.2, 0.25) is 0 Å². The Morgan fingerprint density at radius 1 is 1.00 bits per heavy atom. The van der Waals surface area contributed by atoms with E-state index < -0.39 is 11.1 Å². The lowest BCUT2D eigenvalue weighted by Gasteiger charge is -1.93. The molecule has 1 heterocycles. The SMILES string of the molecule is O=Cc1ccc(-n2c(=O)c2=O)cc1. The van der Waals surface area contributed by atoms with E-state index in [0.29, 0.717) is 17.5 Å². The van der Waals surface area contributed by atoms with E-state index >= 15 is 0 Å². The molecule has 13 heavy (non-hydrogen) atoms. The Morgan fingerprint density at radius 3 is 1.92 bits per heavy atom. The molecule has 0 amide bonds. The second-order valence-electron chi connectivity index (χ2n) is 2.66. The number of benzene rings is 1. The van der Waals surface area contributed by atoms with Gasteiger partial charge in [0.05, 0.1) is 5.69 Å². The molecule has 1 aromatic carbocycles. The third kappa shape index (κ3) is 1.12. The van der Waals surface area contributed by atoms with Crippen LogP contribution in [0.5, 0.6) is 0 Å². The van der Waals surface area contributed by atoms with Crippen LogP contribution in [0.2, 0.25) is 0 Å². The highest BCUT2D eigenvalue weighted by atomic mass is 16.2. The first kappa shape index (κ1) is 7.67. The van der Waals surface area contributed by atoms with Gasteiger partial charge in [0.1, 0.15) is 6.29 Å². The van der Waals surface area contributed by atoms with Crippen LogP contribution >= 0.6 is 0 Å². The van der Waals surface area contributed by atoms with Crippen LogP contribution in [0.25, 0.3) is 5.69 Å². The van der Waals surface area contributed by atoms with Crippen molar-refractivity contribution >= 4 is 6.29 Å². The van der Waals surface area contributed by atoms with Crippen molar-refractivity contribution in [2.75, 3.05) is 0 Å². The summed E-state index contributed by atoms with van der Waals surface area (Å²) >= 11 is 0. The Balaban J connectivity index is 2.45. The Labute approximate surface area is 72.7 Å². The zero-order valence-electron chi connectivity index (χ0n) is 6.56. The van der Waals surface area contributed by atoms with Gasteiger partial charge in [0.25, 0.3) is 0 Å². The largest absolute Gasteiger partial charge is 0.324 e. The van der Waals surface area contributed by atoms with E-state index in [1.807, 2.05) is 0 Å². The molecule has 0 aliphatic rings. The smallest absolute Gasteiger partial charge is 0.298 e. The molecule has 2 rings (SSSR count). The summed E-state index contributed by atoms with van der Waals surface area (Å²) in [6.45, 7) is 0. The first-order chi connectivity index (χ1) is 6.24. The Morgan fingerprint density at radius 2 is 1.54 bits per heavy atom. The average molecular weight is 175 g/mol. The molecule has 0 atom stereocenters. The van der Waals surface area contributed by atoms with Gasteiger partial charge in [-0.1, -0.05) is 0 Å². The molecule has 4 nitrogen and oxygen atoms in total. The standard InChI is InChI=1S/C9H5NO3/c11-5-6-1-3-7(4-2-6)10-8(12)9(10)13/h1-5H. The van der Waals surface area contributed by atoms with E-state index in [1.54, 1.807) is 24.3 Å². The summed E-state index contributed by atoms with van der Waals surface area (Å²) in [6, 6.07) is 6.24. The lowest BCUT2D eigenvalue weighted by atomic mass is 10.2. The molecule has 64 valence electrons. The van der Waals surface area contributed by atoms with Crippen LogP contribution < -0.4 is 11.1 Å². The van der Waals surface area contributed by atoms with Gasteiger partial charge in [-0.3, -0.25) is 14.4 Å². The molecular weight excluding hydrogens is 170 g/mol. The van der Waals surface area contributed by atoms with Crippen LogP contribution in [0.3, 0.4) is 0 Å². The van der Waals surface area contributed by atoms with E-state index in [1.165, 1.54) is 0 Å². The Hall–Kier alpha value is -1.97. The highest BCUT2D eigenvalue weighted by molar-refractivity contribution is 5.75. The fourth-order valence-electron chi connectivity index (χ4n) is 1.07. The van der Waals surface area contributed by atoms with E-state index in [-0.39, 0.29) is 0 Å². The first-order valence-corrected chi connectivity index (χ1v) is 3.67. The number of hydrogen-bond acceptors (Lipinski definition) is 3. The molecule has 4 heteroatoms. The normalized spacial score (nSPS) is 10.5. The summed E-state index contributed by atoms with van der Waals surface area (Å²) in [5, 5.41) is 0. The monoisotopic (exact) mass is 175 g/mol. The van der Waals surface area contributed by atoms with Crippen LogP contribution in [-0.2, 0) is 0 Å². The van der Waals surface area contributed by atoms with E-state index in [9.17, 15) is 14.4 Å². The molecule has 0 N–H and O–H groups in total. The number of rotatable bonds is 2. The number of hydrogen-bond donors (Lipinski definition) is 0. The lowest BCUT2D eigenvalue weighted by molar-refractivity contribution is 0.112. The maximum atomic E-state index is 10.7. The van der Waals surface area contributed by atoms with Gasteiger partial charge in [-0.25, -0.2) is 4.57 Å². The topological polar surface area (TPSA) is 56.1 Å². The Kier molecular flexibility index (Phi) is 1.48. The fourth-order valence-corrected chi connectivity index (χ4v) is 1.07. The minimum absolute atomic E-state index is 0.501. The predicted molar refractivity (Wildman–Crippen MR) is 46.1 cm³/mol. The molecule has 0 aliphatic carbocycles. The van der Waals surface area contributed by atoms with Gasteiger partial charge in [-0.2, -0.15) is 0 Å². The van der Waals surface area contributed by atoms with Crippen LogP contribution in [-0.4, -0.2) is 10.9 Å². The zero-order chi connectivity index (χ0) is 9.42. The molecule has 0 unspecified atom stereocenters. The van der Waals surface area contributed by atoms with E-state index in [4.69, 9.17) is 0 Å². The minimum atomic E-state index is -0.501. The maximum absolute atomic E-state index is 10.7. The van der Waals surface area contributed by atoms with Crippen molar-refractivity contribution in [2.45, 2.75) is 0 Å². The summed E-state index contributed by atoms with van der Waals surface area (Å²) in [4.78, 5) is 31.6. The van der Waals surface area contributed by atoms with Gasteiger partial charge >= 0.3 is 11.1 Å². The number of aromatic nitrogens is 1. The molecular formula is C9H5NO3. The lowest BCUT2D eigenvalue weighted by Crippen LogP contribution is -1.91. The third-order valence-corrected chi connectivity index (χ3v) is 1.83. The summed E-state index contributed by atoms with van der Waals surface area (Å²) in [5.41, 5.74) is 0.0313. The summed E-state index contributed by atoms with van der Waals surface area (Å²) in [5.74, 6) is 0. The summed E-state index contributed by atoms with van der Waals surface area (Å²) in [6.07, 6.45) is 0.704. The van der Waals surface area contributed by atoms with Crippen molar-refractivity contribution in [3.8, 4) is 5.69 Å². The number of carbonyl (C=O) groups is 1. The Bertz CT molecular complexity index is 489. The van der Waals surface area contributed by atoms with Gasteiger partial charge < -0.3 is 0 Å². The van der Waals surface area contributed by atoms with Crippen molar-refractivity contribution < 1.29 is 4.79 Å². The zero-order valence-corrected chi connectivity index (χ0v) is 6.56. The summed E-state index contributed by atoms with van der Waals surface area (Å²) in [7, 11) is 0. The highest BCUT2D eigenvalue weighted by Crippen LogP contribution is 2.04. The average Bonchev–Trinajstić information content (AvgIpc) is 2.75. The highest BCUT2D eigenvalue weighted by Gasteiger charge is 2.16. The van der Waals surface area contributed by atoms with Crippen LogP contribution in [0.1, 0.15) is 10.4 Å². The molecule has 2 aromatic rings. The second kappa shape index (κ2) is 2.52. The second-order valence-corrected chi connectivity index (χ2v) is 2.66. The third-order valence-electron chi connectivity index (χ3n) is 1.83. The van der Waals surface area contributed by atoms with E-state index in [2.05, 4.69) is 0 Å². The van der Waals surface area contributed by atoms with Crippen LogP contribution in [0.4, 0.5) is 0 Å². The number of aldehydes is 1. The van der Waals surface area contributed by atoms with Crippen molar-refractivity contribution in [1.82, 2.24) is 4.57 Å². The molecule has 0 aliphatic heterocycles. The first-order valence-electron chi connectivity index (χ1n) is 3.67. The van der Waals surface area contributed by atoms with Crippen LogP contribution in [0.15, 0.2) is 33.9 Å². The molecule has 0 fully saturated rings. The maximum Gasteiger partial charge on any atom is 0.324 e.